The summed E-state index contributed by atoms with van der Waals surface area (Å²) in [6, 6.07) is 16.8. The lowest BCUT2D eigenvalue weighted by Gasteiger charge is -2.09. The van der Waals surface area contributed by atoms with Gasteiger partial charge in [0.1, 0.15) is 0 Å². The van der Waals surface area contributed by atoms with Crippen LogP contribution < -0.4 is 5.56 Å². The molecule has 0 amide bonds. The summed E-state index contributed by atoms with van der Waals surface area (Å²) in [5, 5.41) is 0.625. The van der Waals surface area contributed by atoms with E-state index in [1.807, 2.05) is 42.5 Å². The molecule has 0 fully saturated rings. The molecule has 0 aliphatic rings. The van der Waals surface area contributed by atoms with E-state index in [2.05, 4.69) is 9.97 Å². The highest BCUT2D eigenvalue weighted by Gasteiger charge is 2.12. The standard InChI is InChI=1S/C16H11ClN2OS/c17-12-8-6-10(7-9-12)13-14(11-4-2-1-3-5-11)18-16(21)19-15(13)20/h1-9H,(H2,18,19,20,21). The zero-order chi connectivity index (χ0) is 14.8. The molecule has 2 aromatic carbocycles. The van der Waals surface area contributed by atoms with Gasteiger partial charge in [-0.2, -0.15) is 0 Å². The number of nitrogens with one attached hydrogen (secondary N) is 2. The predicted octanol–water partition coefficient (Wildman–Crippen LogP) is 4.42. The Hall–Kier alpha value is -2.17. The molecule has 0 unspecified atom stereocenters. The van der Waals surface area contributed by atoms with Gasteiger partial charge in [0.15, 0.2) is 4.77 Å². The van der Waals surface area contributed by atoms with Crippen LogP contribution in [0.15, 0.2) is 59.4 Å². The average Bonchev–Trinajstić information content (AvgIpc) is 2.49. The van der Waals surface area contributed by atoms with Crippen LogP contribution in [0, 0.1) is 4.77 Å². The number of halogens is 1. The van der Waals surface area contributed by atoms with E-state index < -0.39 is 0 Å². The van der Waals surface area contributed by atoms with Crippen molar-refractivity contribution in [2.45, 2.75) is 0 Å². The minimum Gasteiger partial charge on any atom is -0.331 e. The van der Waals surface area contributed by atoms with Crippen LogP contribution in [0.5, 0.6) is 0 Å². The van der Waals surface area contributed by atoms with Crippen LogP contribution in [-0.4, -0.2) is 9.97 Å². The molecule has 3 rings (SSSR count). The Bertz CT molecular complexity index is 883. The molecule has 104 valence electrons. The van der Waals surface area contributed by atoms with Crippen molar-refractivity contribution in [3.05, 3.63) is 74.7 Å². The van der Waals surface area contributed by atoms with Crippen molar-refractivity contribution >= 4 is 23.8 Å². The Morgan fingerprint density at radius 3 is 2.19 bits per heavy atom. The van der Waals surface area contributed by atoms with Gasteiger partial charge in [0.25, 0.3) is 5.56 Å². The average molecular weight is 315 g/mol. The van der Waals surface area contributed by atoms with Gasteiger partial charge in [-0.25, -0.2) is 0 Å². The minimum absolute atomic E-state index is 0.222. The normalized spacial score (nSPS) is 10.5. The second-order valence-electron chi connectivity index (χ2n) is 4.53. The van der Waals surface area contributed by atoms with E-state index in [0.29, 0.717) is 21.1 Å². The molecule has 0 aliphatic heterocycles. The number of hydrogen-bond acceptors (Lipinski definition) is 2. The van der Waals surface area contributed by atoms with Crippen LogP contribution in [0.25, 0.3) is 22.4 Å². The van der Waals surface area contributed by atoms with E-state index in [1.165, 1.54) is 0 Å². The summed E-state index contributed by atoms with van der Waals surface area (Å²) in [4.78, 5) is 18.0. The summed E-state index contributed by atoms with van der Waals surface area (Å²) in [5.41, 5.74) is 2.71. The fraction of sp³-hybridized carbons (Fsp3) is 0. The molecule has 5 heteroatoms. The molecule has 0 atom stereocenters. The lowest BCUT2D eigenvalue weighted by atomic mass is 10.0. The maximum absolute atomic E-state index is 12.3. The van der Waals surface area contributed by atoms with Crippen molar-refractivity contribution < 1.29 is 0 Å². The van der Waals surface area contributed by atoms with Gasteiger partial charge in [-0.3, -0.25) is 9.78 Å². The van der Waals surface area contributed by atoms with E-state index in [1.54, 1.807) is 12.1 Å². The van der Waals surface area contributed by atoms with Gasteiger partial charge in [-0.05, 0) is 35.5 Å². The molecule has 0 spiro atoms. The first-order chi connectivity index (χ1) is 10.1. The smallest absolute Gasteiger partial charge is 0.260 e. The van der Waals surface area contributed by atoms with Gasteiger partial charge in [-0.15, -0.1) is 0 Å². The molecular weight excluding hydrogens is 304 g/mol. The first kappa shape index (κ1) is 13.8. The Kier molecular flexibility index (Phi) is 3.73. The van der Waals surface area contributed by atoms with Gasteiger partial charge in [-0.1, -0.05) is 54.1 Å². The largest absolute Gasteiger partial charge is 0.331 e. The zero-order valence-corrected chi connectivity index (χ0v) is 12.5. The fourth-order valence-electron chi connectivity index (χ4n) is 2.20. The lowest BCUT2D eigenvalue weighted by Crippen LogP contribution is -2.12. The highest BCUT2D eigenvalue weighted by Crippen LogP contribution is 2.27. The fourth-order valence-corrected chi connectivity index (χ4v) is 2.52. The molecule has 0 aliphatic carbocycles. The monoisotopic (exact) mass is 314 g/mol. The highest BCUT2D eigenvalue weighted by atomic mass is 35.5. The van der Waals surface area contributed by atoms with Crippen LogP contribution in [0.2, 0.25) is 5.02 Å². The second-order valence-corrected chi connectivity index (χ2v) is 5.38. The number of hydrogen-bond donors (Lipinski definition) is 2. The van der Waals surface area contributed by atoms with Gasteiger partial charge < -0.3 is 4.98 Å². The first-order valence-corrected chi connectivity index (χ1v) is 7.12. The molecular formula is C16H11ClN2OS. The summed E-state index contributed by atoms with van der Waals surface area (Å²) < 4.78 is 0.302. The Balaban J connectivity index is 2.32. The van der Waals surface area contributed by atoms with Crippen LogP contribution >= 0.6 is 23.8 Å². The third-order valence-electron chi connectivity index (χ3n) is 3.14. The predicted molar refractivity (Wildman–Crippen MR) is 88.1 cm³/mol. The van der Waals surface area contributed by atoms with Crippen molar-refractivity contribution in [3.63, 3.8) is 0 Å². The molecule has 0 saturated heterocycles. The summed E-state index contributed by atoms with van der Waals surface area (Å²) in [7, 11) is 0. The van der Waals surface area contributed by atoms with Crippen LogP contribution in [0.4, 0.5) is 0 Å². The highest BCUT2D eigenvalue weighted by molar-refractivity contribution is 7.71. The quantitative estimate of drug-likeness (QED) is 0.688. The van der Waals surface area contributed by atoms with Gasteiger partial charge in [0, 0.05) is 5.02 Å². The van der Waals surface area contributed by atoms with Crippen LogP contribution in [0.1, 0.15) is 0 Å². The summed E-state index contributed by atoms with van der Waals surface area (Å²) in [5.74, 6) is 0. The number of aromatic amines is 2. The van der Waals surface area contributed by atoms with E-state index in [9.17, 15) is 4.79 Å². The lowest BCUT2D eigenvalue weighted by molar-refractivity contribution is 1.10. The molecule has 1 aromatic heterocycles. The number of aromatic nitrogens is 2. The molecule has 3 nitrogen and oxygen atoms in total. The van der Waals surface area contributed by atoms with Gasteiger partial charge >= 0.3 is 0 Å². The molecule has 0 radical (unpaired) electrons. The molecule has 21 heavy (non-hydrogen) atoms. The van der Waals surface area contributed by atoms with Gasteiger partial charge in [0.05, 0.1) is 11.3 Å². The number of rotatable bonds is 2. The minimum atomic E-state index is -0.222. The summed E-state index contributed by atoms with van der Waals surface area (Å²) in [6.45, 7) is 0. The van der Waals surface area contributed by atoms with E-state index in [4.69, 9.17) is 23.8 Å². The third kappa shape index (κ3) is 2.82. The van der Waals surface area contributed by atoms with Crippen molar-refractivity contribution in [1.82, 2.24) is 9.97 Å². The Labute approximate surface area is 131 Å². The Morgan fingerprint density at radius 2 is 1.52 bits per heavy atom. The second kappa shape index (κ2) is 5.68. The zero-order valence-electron chi connectivity index (χ0n) is 10.9. The molecule has 1 heterocycles. The Morgan fingerprint density at radius 1 is 0.857 bits per heavy atom. The number of benzene rings is 2. The third-order valence-corrected chi connectivity index (χ3v) is 3.59. The van der Waals surface area contributed by atoms with Gasteiger partial charge in [0.2, 0.25) is 0 Å². The molecule has 0 bridgehead atoms. The van der Waals surface area contributed by atoms with Crippen LogP contribution in [0.3, 0.4) is 0 Å². The SMILES string of the molecule is O=c1[nH]c(=S)[nH]c(-c2ccccc2)c1-c1ccc(Cl)cc1. The topological polar surface area (TPSA) is 48.6 Å². The molecule has 0 saturated carbocycles. The van der Waals surface area contributed by atoms with E-state index in [-0.39, 0.29) is 5.56 Å². The molecule has 3 aromatic rings. The summed E-state index contributed by atoms with van der Waals surface area (Å²) in [6.07, 6.45) is 0. The number of H-pyrrole nitrogens is 2. The van der Waals surface area contributed by atoms with Crippen molar-refractivity contribution in [3.8, 4) is 22.4 Å². The maximum Gasteiger partial charge on any atom is 0.260 e. The van der Waals surface area contributed by atoms with Crippen LogP contribution in [-0.2, 0) is 0 Å². The van der Waals surface area contributed by atoms with E-state index in [0.717, 1.165) is 11.1 Å². The molecule has 2 N–H and O–H groups in total. The first-order valence-electron chi connectivity index (χ1n) is 6.33. The van der Waals surface area contributed by atoms with Crippen molar-refractivity contribution in [2.24, 2.45) is 0 Å². The van der Waals surface area contributed by atoms with Crippen molar-refractivity contribution in [2.75, 3.05) is 0 Å². The van der Waals surface area contributed by atoms with Crippen molar-refractivity contribution in [1.29, 1.82) is 0 Å². The van der Waals surface area contributed by atoms with E-state index >= 15 is 0 Å². The maximum atomic E-state index is 12.3. The summed E-state index contributed by atoms with van der Waals surface area (Å²) >= 11 is 11.0.